The van der Waals surface area contributed by atoms with E-state index < -0.39 is 0 Å². The van der Waals surface area contributed by atoms with Crippen LogP contribution in [0, 0.1) is 0 Å². The summed E-state index contributed by atoms with van der Waals surface area (Å²) in [5.41, 5.74) is 0.660. The average Bonchev–Trinajstić information content (AvgIpc) is 2.33. The first kappa shape index (κ1) is 13.3. The van der Waals surface area contributed by atoms with Gasteiger partial charge in [0.2, 0.25) is 0 Å². The van der Waals surface area contributed by atoms with E-state index in [-0.39, 0.29) is 5.91 Å². The molecule has 2 rings (SSSR count). The minimum Gasteiger partial charge on any atom is -0.348 e. The Bertz CT molecular complexity index is 419. The summed E-state index contributed by atoms with van der Waals surface area (Å²) in [4.78, 5) is 12.9. The fourth-order valence-electron chi connectivity index (χ4n) is 1.80. The van der Waals surface area contributed by atoms with Crippen molar-refractivity contribution in [2.75, 3.05) is 11.5 Å². The molecule has 1 aromatic carbocycles. The molecule has 1 heterocycles. The standard InChI is InChI=1S/C12H14BrNOS2/c13-11-4-3-9(16)6-10(11)12(15)14-8-2-1-5-17-7-8/h3-4,6,8,16H,1-2,5,7H2,(H,14,15). The van der Waals surface area contributed by atoms with Crippen LogP contribution in [-0.4, -0.2) is 23.5 Å². The van der Waals surface area contributed by atoms with Crippen molar-refractivity contribution in [2.45, 2.75) is 23.8 Å². The SMILES string of the molecule is O=C(NC1CCCSC1)c1cc(S)ccc1Br. The second-order valence-electron chi connectivity index (χ2n) is 4.05. The molecule has 0 bridgehead atoms. The van der Waals surface area contributed by atoms with Crippen LogP contribution in [0.1, 0.15) is 23.2 Å². The van der Waals surface area contributed by atoms with Gasteiger partial charge in [-0.15, -0.1) is 12.6 Å². The van der Waals surface area contributed by atoms with Crippen LogP contribution in [0.2, 0.25) is 0 Å². The van der Waals surface area contributed by atoms with Crippen molar-refractivity contribution in [1.29, 1.82) is 0 Å². The molecule has 1 saturated heterocycles. The maximum absolute atomic E-state index is 12.1. The highest BCUT2D eigenvalue weighted by Crippen LogP contribution is 2.22. The lowest BCUT2D eigenvalue weighted by atomic mass is 10.1. The number of carbonyl (C=O) groups excluding carboxylic acids is 1. The third kappa shape index (κ3) is 3.66. The summed E-state index contributed by atoms with van der Waals surface area (Å²) >= 11 is 9.56. The van der Waals surface area contributed by atoms with Gasteiger partial charge in [0.1, 0.15) is 0 Å². The lowest BCUT2D eigenvalue weighted by Gasteiger charge is -2.22. The monoisotopic (exact) mass is 331 g/mol. The molecule has 92 valence electrons. The lowest BCUT2D eigenvalue weighted by molar-refractivity contribution is 0.0937. The van der Waals surface area contributed by atoms with E-state index in [4.69, 9.17) is 0 Å². The maximum Gasteiger partial charge on any atom is 0.252 e. The first-order valence-corrected chi connectivity index (χ1v) is 7.93. The van der Waals surface area contributed by atoms with Crippen molar-refractivity contribution < 1.29 is 4.79 Å². The van der Waals surface area contributed by atoms with Crippen LogP contribution < -0.4 is 5.32 Å². The minimum absolute atomic E-state index is 0.0136. The van der Waals surface area contributed by atoms with Crippen LogP contribution in [0.15, 0.2) is 27.6 Å². The highest BCUT2D eigenvalue weighted by Gasteiger charge is 2.18. The summed E-state index contributed by atoms with van der Waals surface area (Å²) in [6, 6.07) is 5.81. The normalized spacial score (nSPS) is 20.0. The van der Waals surface area contributed by atoms with Crippen molar-refractivity contribution in [3.8, 4) is 0 Å². The molecule has 1 unspecified atom stereocenters. The largest absolute Gasteiger partial charge is 0.348 e. The number of nitrogens with one attached hydrogen (secondary N) is 1. The van der Waals surface area contributed by atoms with Gasteiger partial charge in [-0.2, -0.15) is 11.8 Å². The van der Waals surface area contributed by atoms with Crippen molar-refractivity contribution in [3.05, 3.63) is 28.2 Å². The molecule has 0 spiro atoms. The molecule has 1 aliphatic heterocycles. The second kappa shape index (κ2) is 6.16. The average molecular weight is 332 g/mol. The number of halogens is 1. The first-order chi connectivity index (χ1) is 8.16. The first-order valence-electron chi connectivity index (χ1n) is 5.54. The molecule has 0 saturated carbocycles. The van der Waals surface area contributed by atoms with Gasteiger partial charge in [0, 0.05) is 21.2 Å². The molecule has 1 amide bonds. The van der Waals surface area contributed by atoms with Gasteiger partial charge in [-0.3, -0.25) is 4.79 Å². The van der Waals surface area contributed by atoms with Gasteiger partial charge in [0.05, 0.1) is 5.56 Å². The van der Waals surface area contributed by atoms with Crippen molar-refractivity contribution >= 4 is 46.2 Å². The Hall–Kier alpha value is -0.130. The quantitative estimate of drug-likeness (QED) is 0.813. The molecular formula is C12H14BrNOS2. The van der Waals surface area contributed by atoms with Crippen LogP contribution in [0.25, 0.3) is 0 Å². The van der Waals surface area contributed by atoms with E-state index in [0.29, 0.717) is 11.6 Å². The number of thiol groups is 1. The highest BCUT2D eigenvalue weighted by molar-refractivity contribution is 9.10. The van der Waals surface area contributed by atoms with Crippen molar-refractivity contribution in [3.63, 3.8) is 0 Å². The molecular weight excluding hydrogens is 318 g/mol. The van der Waals surface area contributed by atoms with E-state index in [1.54, 1.807) is 6.07 Å². The molecule has 1 atom stereocenters. The summed E-state index contributed by atoms with van der Waals surface area (Å²) in [5, 5.41) is 3.08. The van der Waals surface area contributed by atoms with Gasteiger partial charge >= 0.3 is 0 Å². The van der Waals surface area contributed by atoms with Gasteiger partial charge < -0.3 is 5.32 Å². The van der Waals surface area contributed by atoms with Crippen LogP contribution in [0.4, 0.5) is 0 Å². The molecule has 5 heteroatoms. The number of benzene rings is 1. The Morgan fingerprint density at radius 1 is 1.53 bits per heavy atom. The second-order valence-corrected chi connectivity index (χ2v) is 6.57. The van der Waals surface area contributed by atoms with Crippen LogP contribution in [0.3, 0.4) is 0 Å². The van der Waals surface area contributed by atoms with Gasteiger partial charge in [0.15, 0.2) is 0 Å². The van der Waals surface area contributed by atoms with Gasteiger partial charge in [0.25, 0.3) is 5.91 Å². The van der Waals surface area contributed by atoms with Crippen molar-refractivity contribution in [2.24, 2.45) is 0 Å². The summed E-state index contributed by atoms with van der Waals surface area (Å²) in [7, 11) is 0. The molecule has 1 aromatic rings. The Morgan fingerprint density at radius 2 is 2.35 bits per heavy atom. The van der Waals surface area contributed by atoms with E-state index in [1.807, 2.05) is 23.9 Å². The summed E-state index contributed by atoms with van der Waals surface area (Å²) < 4.78 is 0.816. The van der Waals surface area contributed by atoms with E-state index in [2.05, 4.69) is 33.9 Å². The zero-order valence-electron chi connectivity index (χ0n) is 9.28. The molecule has 2 nitrogen and oxygen atoms in total. The van der Waals surface area contributed by atoms with E-state index >= 15 is 0 Å². The lowest BCUT2D eigenvalue weighted by Crippen LogP contribution is -2.38. The summed E-state index contributed by atoms with van der Waals surface area (Å²) in [6.45, 7) is 0. The third-order valence-electron chi connectivity index (χ3n) is 2.69. The Kier molecular flexibility index (Phi) is 4.82. The predicted molar refractivity (Wildman–Crippen MR) is 79.2 cm³/mol. The van der Waals surface area contributed by atoms with E-state index in [9.17, 15) is 4.79 Å². The summed E-state index contributed by atoms with van der Waals surface area (Å²) in [6.07, 6.45) is 2.26. The molecule has 1 N–H and O–H groups in total. The zero-order valence-corrected chi connectivity index (χ0v) is 12.6. The fraction of sp³-hybridized carbons (Fsp3) is 0.417. The molecule has 1 aliphatic rings. The number of carbonyl (C=O) groups is 1. The Balaban J connectivity index is 2.05. The number of amides is 1. The Labute approximate surface area is 119 Å². The van der Waals surface area contributed by atoms with Crippen LogP contribution >= 0.6 is 40.3 Å². The highest BCUT2D eigenvalue weighted by atomic mass is 79.9. The van der Waals surface area contributed by atoms with E-state index in [0.717, 1.165) is 21.5 Å². The predicted octanol–water partition coefficient (Wildman–Crippen LogP) is 3.36. The van der Waals surface area contributed by atoms with Gasteiger partial charge in [-0.25, -0.2) is 0 Å². The molecule has 0 aromatic heterocycles. The smallest absolute Gasteiger partial charge is 0.252 e. The van der Waals surface area contributed by atoms with Crippen molar-refractivity contribution in [1.82, 2.24) is 5.32 Å². The van der Waals surface area contributed by atoms with Gasteiger partial charge in [-0.05, 0) is 52.7 Å². The summed E-state index contributed by atoms with van der Waals surface area (Å²) in [5.74, 6) is 2.21. The number of thioether (sulfide) groups is 1. The molecule has 1 fully saturated rings. The number of hydrogen-bond acceptors (Lipinski definition) is 3. The third-order valence-corrected chi connectivity index (χ3v) is 4.88. The van der Waals surface area contributed by atoms with Crippen LogP contribution in [0.5, 0.6) is 0 Å². The topological polar surface area (TPSA) is 29.1 Å². The van der Waals surface area contributed by atoms with E-state index in [1.165, 1.54) is 12.2 Å². The fourth-order valence-corrected chi connectivity index (χ4v) is 3.51. The molecule has 17 heavy (non-hydrogen) atoms. The number of hydrogen-bond donors (Lipinski definition) is 2. The number of rotatable bonds is 2. The molecule has 0 radical (unpaired) electrons. The van der Waals surface area contributed by atoms with Gasteiger partial charge in [-0.1, -0.05) is 0 Å². The zero-order chi connectivity index (χ0) is 12.3. The van der Waals surface area contributed by atoms with Crippen LogP contribution in [-0.2, 0) is 0 Å². The maximum atomic E-state index is 12.1. The minimum atomic E-state index is -0.0136. The Morgan fingerprint density at radius 3 is 3.06 bits per heavy atom. The molecule has 0 aliphatic carbocycles.